The molecule has 1 atom stereocenters. The standard InChI is InChI=1S/C11H10O4/c12-6-5-11(15)10(7-13)8-1-3-9(14)4-2-8/h1-4,6-7,10,14H,5H2. The van der Waals surface area contributed by atoms with E-state index in [0.29, 0.717) is 18.1 Å². The van der Waals surface area contributed by atoms with E-state index in [2.05, 4.69) is 0 Å². The highest BCUT2D eigenvalue weighted by Crippen LogP contribution is 2.18. The number of hydrogen-bond donors (Lipinski definition) is 1. The zero-order valence-corrected chi connectivity index (χ0v) is 7.92. The highest BCUT2D eigenvalue weighted by molar-refractivity contribution is 6.03. The van der Waals surface area contributed by atoms with Crippen molar-refractivity contribution >= 4 is 18.4 Å². The fourth-order valence-corrected chi connectivity index (χ4v) is 1.23. The predicted octanol–water partition coefficient (Wildman–Crippen LogP) is 0.833. The van der Waals surface area contributed by atoms with E-state index >= 15 is 0 Å². The van der Waals surface area contributed by atoms with Crippen molar-refractivity contribution in [2.45, 2.75) is 12.3 Å². The Balaban J connectivity index is 2.91. The van der Waals surface area contributed by atoms with Crippen molar-refractivity contribution in [2.24, 2.45) is 0 Å². The van der Waals surface area contributed by atoms with Crippen molar-refractivity contribution in [3.63, 3.8) is 0 Å². The normalized spacial score (nSPS) is 11.7. The molecule has 78 valence electrons. The molecule has 1 aromatic rings. The van der Waals surface area contributed by atoms with Gasteiger partial charge in [-0.25, -0.2) is 0 Å². The van der Waals surface area contributed by atoms with Gasteiger partial charge in [0.25, 0.3) is 0 Å². The molecular weight excluding hydrogens is 196 g/mol. The molecule has 0 bridgehead atoms. The second kappa shape index (κ2) is 5.05. The maximum absolute atomic E-state index is 11.3. The van der Waals surface area contributed by atoms with E-state index in [-0.39, 0.29) is 12.2 Å². The van der Waals surface area contributed by atoms with E-state index in [1.807, 2.05) is 0 Å². The van der Waals surface area contributed by atoms with Gasteiger partial charge in [0.15, 0.2) is 5.78 Å². The number of aldehydes is 2. The minimum atomic E-state index is -0.921. The zero-order valence-electron chi connectivity index (χ0n) is 7.92. The van der Waals surface area contributed by atoms with Crippen molar-refractivity contribution < 1.29 is 19.5 Å². The lowest BCUT2D eigenvalue weighted by molar-refractivity contribution is -0.125. The van der Waals surface area contributed by atoms with E-state index in [9.17, 15) is 14.4 Å². The second-order valence-electron chi connectivity index (χ2n) is 3.04. The van der Waals surface area contributed by atoms with Crippen LogP contribution < -0.4 is 0 Å². The first-order chi connectivity index (χ1) is 7.19. The molecule has 0 aromatic heterocycles. The van der Waals surface area contributed by atoms with Gasteiger partial charge in [-0.1, -0.05) is 12.1 Å². The molecule has 1 unspecified atom stereocenters. The lowest BCUT2D eigenvalue weighted by Crippen LogP contribution is -2.14. The van der Waals surface area contributed by atoms with Gasteiger partial charge in [0, 0.05) is 0 Å². The van der Waals surface area contributed by atoms with Gasteiger partial charge in [-0.15, -0.1) is 0 Å². The molecule has 0 fully saturated rings. The number of ketones is 1. The fourth-order valence-electron chi connectivity index (χ4n) is 1.23. The highest BCUT2D eigenvalue weighted by Gasteiger charge is 2.18. The maximum atomic E-state index is 11.3. The summed E-state index contributed by atoms with van der Waals surface area (Å²) in [4.78, 5) is 32.2. The van der Waals surface area contributed by atoms with E-state index in [1.165, 1.54) is 24.3 Å². The first-order valence-corrected chi connectivity index (χ1v) is 4.39. The van der Waals surface area contributed by atoms with Crippen LogP contribution >= 0.6 is 0 Å². The van der Waals surface area contributed by atoms with Gasteiger partial charge in [0.1, 0.15) is 18.3 Å². The van der Waals surface area contributed by atoms with Gasteiger partial charge < -0.3 is 14.7 Å². The van der Waals surface area contributed by atoms with Crippen molar-refractivity contribution in [1.29, 1.82) is 0 Å². The molecule has 0 amide bonds. The summed E-state index contributed by atoms with van der Waals surface area (Å²) in [7, 11) is 0. The lowest BCUT2D eigenvalue weighted by Gasteiger charge is -2.07. The highest BCUT2D eigenvalue weighted by atomic mass is 16.3. The number of phenolic OH excluding ortho intramolecular Hbond substituents is 1. The second-order valence-corrected chi connectivity index (χ2v) is 3.04. The van der Waals surface area contributed by atoms with Gasteiger partial charge in [0.05, 0.1) is 12.3 Å². The molecule has 0 heterocycles. The summed E-state index contributed by atoms with van der Waals surface area (Å²) in [5.74, 6) is -1.30. The molecule has 0 radical (unpaired) electrons. The molecule has 1 rings (SSSR count). The first kappa shape index (κ1) is 11.1. The van der Waals surface area contributed by atoms with Gasteiger partial charge in [-0.3, -0.25) is 4.79 Å². The molecule has 0 saturated carbocycles. The summed E-state index contributed by atoms with van der Waals surface area (Å²) >= 11 is 0. The van der Waals surface area contributed by atoms with Crippen LogP contribution in [0.25, 0.3) is 0 Å². The van der Waals surface area contributed by atoms with Crippen LogP contribution in [0.2, 0.25) is 0 Å². The quantitative estimate of drug-likeness (QED) is 0.572. The lowest BCUT2D eigenvalue weighted by atomic mass is 9.95. The Morgan fingerprint density at radius 3 is 2.33 bits per heavy atom. The van der Waals surface area contributed by atoms with Crippen molar-refractivity contribution in [3.8, 4) is 5.75 Å². The number of phenols is 1. The van der Waals surface area contributed by atoms with Crippen LogP contribution in [0.4, 0.5) is 0 Å². The molecule has 1 aromatic carbocycles. The predicted molar refractivity (Wildman–Crippen MR) is 52.6 cm³/mol. The van der Waals surface area contributed by atoms with Gasteiger partial charge in [0.2, 0.25) is 0 Å². The molecule has 0 aliphatic carbocycles. The largest absolute Gasteiger partial charge is 0.508 e. The van der Waals surface area contributed by atoms with Crippen LogP contribution in [-0.4, -0.2) is 23.5 Å². The molecule has 4 nitrogen and oxygen atoms in total. The Bertz CT molecular complexity index is 367. The maximum Gasteiger partial charge on any atom is 0.154 e. The number of hydrogen-bond acceptors (Lipinski definition) is 4. The summed E-state index contributed by atoms with van der Waals surface area (Å²) < 4.78 is 0. The molecule has 0 aliphatic heterocycles. The van der Waals surface area contributed by atoms with Crippen LogP contribution in [0.3, 0.4) is 0 Å². The van der Waals surface area contributed by atoms with Gasteiger partial charge in [-0.05, 0) is 17.7 Å². The molecule has 0 aliphatic rings. The third-order valence-electron chi connectivity index (χ3n) is 2.02. The average Bonchev–Trinajstić information content (AvgIpc) is 2.22. The summed E-state index contributed by atoms with van der Waals surface area (Å²) in [5, 5.41) is 9.02. The summed E-state index contributed by atoms with van der Waals surface area (Å²) in [5.41, 5.74) is 0.481. The van der Waals surface area contributed by atoms with Crippen LogP contribution in [0.15, 0.2) is 24.3 Å². The van der Waals surface area contributed by atoms with E-state index < -0.39 is 11.7 Å². The van der Waals surface area contributed by atoms with Gasteiger partial charge >= 0.3 is 0 Å². The number of rotatable bonds is 5. The molecule has 0 spiro atoms. The van der Waals surface area contributed by atoms with Crippen molar-refractivity contribution in [1.82, 2.24) is 0 Å². The van der Waals surface area contributed by atoms with Crippen LogP contribution in [0.1, 0.15) is 17.9 Å². The Kier molecular flexibility index (Phi) is 3.74. The summed E-state index contributed by atoms with van der Waals surface area (Å²) in [6, 6.07) is 5.74. The van der Waals surface area contributed by atoms with Gasteiger partial charge in [-0.2, -0.15) is 0 Å². The number of benzene rings is 1. The van der Waals surface area contributed by atoms with Crippen LogP contribution in [-0.2, 0) is 14.4 Å². The Morgan fingerprint density at radius 2 is 1.87 bits per heavy atom. The minimum absolute atomic E-state index is 0.0613. The molecule has 0 saturated heterocycles. The smallest absolute Gasteiger partial charge is 0.154 e. The third kappa shape index (κ3) is 2.74. The Labute approximate surface area is 86.5 Å². The monoisotopic (exact) mass is 206 g/mol. The molecule has 4 heteroatoms. The van der Waals surface area contributed by atoms with E-state index in [0.717, 1.165) is 0 Å². The summed E-state index contributed by atoms with van der Waals surface area (Å²) in [6.07, 6.45) is 0.696. The SMILES string of the molecule is O=CCC(=O)C(C=O)c1ccc(O)cc1. The van der Waals surface area contributed by atoms with E-state index in [1.54, 1.807) is 0 Å². The van der Waals surface area contributed by atoms with Crippen LogP contribution in [0, 0.1) is 0 Å². The fraction of sp³-hybridized carbons (Fsp3) is 0.182. The molecular formula is C11H10O4. The number of Topliss-reactive ketones (excluding diaryl/α,β-unsaturated/α-hetero) is 1. The van der Waals surface area contributed by atoms with E-state index in [4.69, 9.17) is 5.11 Å². The number of carbonyl (C=O) groups excluding carboxylic acids is 3. The Morgan fingerprint density at radius 1 is 1.27 bits per heavy atom. The van der Waals surface area contributed by atoms with Crippen molar-refractivity contribution in [3.05, 3.63) is 29.8 Å². The summed E-state index contributed by atoms with van der Waals surface area (Å²) in [6.45, 7) is 0. The average molecular weight is 206 g/mol. The number of carbonyl (C=O) groups is 3. The minimum Gasteiger partial charge on any atom is -0.508 e. The molecule has 15 heavy (non-hydrogen) atoms. The topological polar surface area (TPSA) is 71.4 Å². The zero-order chi connectivity index (χ0) is 11.3. The number of aromatic hydroxyl groups is 1. The Hall–Kier alpha value is -1.97. The first-order valence-electron chi connectivity index (χ1n) is 4.39. The molecule has 1 N–H and O–H groups in total. The van der Waals surface area contributed by atoms with Crippen LogP contribution in [0.5, 0.6) is 5.75 Å². The third-order valence-corrected chi connectivity index (χ3v) is 2.02. The van der Waals surface area contributed by atoms with Crippen molar-refractivity contribution in [2.75, 3.05) is 0 Å².